The van der Waals surface area contributed by atoms with Gasteiger partial charge >= 0.3 is 26.2 Å². The van der Waals surface area contributed by atoms with Gasteiger partial charge in [-0.3, -0.25) is 0 Å². The van der Waals surface area contributed by atoms with E-state index >= 15 is 0 Å². The molecule has 0 aromatic heterocycles. The van der Waals surface area contributed by atoms with Crippen LogP contribution in [0.1, 0.15) is 1.43 Å². The quantitative estimate of drug-likeness (QED) is 0.351. The minimum Gasteiger partial charge on any atom is -1.00 e. The molecule has 3 N–H and O–H groups in total. The van der Waals surface area contributed by atoms with Gasteiger partial charge in [0.25, 0.3) is 0 Å². The van der Waals surface area contributed by atoms with Crippen LogP contribution in [0.3, 0.4) is 0 Å². The topological polar surface area (TPSA) is 60.7 Å². The predicted molar refractivity (Wildman–Crippen MR) is 13.5 cm³/mol. The minimum absolute atomic E-state index is 0. The summed E-state index contributed by atoms with van der Waals surface area (Å²) in [4.78, 5) is 0. The zero-order valence-electron chi connectivity index (χ0n) is 4.42. The van der Waals surface area contributed by atoms with Gasteiger partial charge in [-0.2, -0.15) is 0 Å². The van der Waals surface area contributed by atoms with Crippen molar-refractivity contribution in [2.45, 2.75) is 0 Å². The third kappa shape index (κ3) is 38.9. The fraction of sp³-hybridized carbons (Fsp3) is 0. The summed E-state index contributed by atoms with van der Waals surface area (Å²) in [6, 6.07) is 0. The Morgan fingerprint density at radius 2 is 1.17 bits per heavy atom. The Morgan fingerprint density at radius 1 is 1.17 bits per heavy atom. The third-order valence-corrected chi connectivity index (χ3v) is 0. The number of rotatable bonds is 0. The van der Waals surface area contributed by atoms with Crippen LogP contribution in [-0.2, 0) is 0 Å². The van der Waals surface area contributed by atoms with Crippen LogP contribution in [0.2, 0.25) is 0 Å². The number of hydrogen-bond acceptors (Lipinski definition) is 3. The van der Waals surface area contributed by atoms with Crippen LogP contribution in [0, 0.1) is 41.7 Å². The van der Waals surface area contributed by atoms with Crippen molar-refractivity contribution in [1.29, 1.82) is 0 Å². The molecular formula is H4BCeLiO3. The maximum Gasteiger partial charge on any atom is 1.00 e. The van der Waals surface area contributed by atoms with E-state index in [4.69, 9.17) is 15.1 Å². The van der Waals surface area contributed by atoms with Gasteiger partial charge in [-0.15, -0.1) is 0 Å². The third-order valence-electron chi connectivity index (χ3n) is 0. The molecule has 0 aliphatic rings. The van der Waals surface area contributed by atoms with Gasteiger partial charge in [-0.05, 0) is 0 Å². The second-order valence-corrected chi connectivity index (χ2v) is 0.346. The molecule has 0 radical (unpaired) electrons. The maximum atomic E-state index is 7.17. The van der Waals surface area contributed by atoms with Gasteiger partial charge in [-0.25, -0.2) is 0 Å². The fourth-order valence-corrected chi connectivity index (χ4v) is 0. The summed E-state index contributed by atoms with van der Waals surface area (Å²) in [6.07, 6.45) is 0. The Kier molecular flexibility index (Phi) is 26.2. The van der Waals surface area contributed by atoms with Crippen molar-refractivity contribution in [3.05, 3.63) is 0 Å². The standard InChI is InChI=1S/BH3O3.Ce.Li.H/c2-1(3)4;;;/h2-4H;;;/q;;+1;-1. The first-order chi connectivity index (χ1) is 1.73. The molecule has 0 spiro atoms. The molecule has 0 saturated carbocycles. The van der Waals surface area contributed by atoms with Crippen LogP contribution in [0.4, 0.5) is 0 Å². The molecule has 0 rings (SSSR count). The van der Waals surface area contributed by atoms with E-state index in [1.165, 1.54) is 0 Å². The van der Waals surface area contributed by atoms with Gasteiger partial charge in [0.15, 0.2) is 0 Å². The summed E-state index contributed by atoms with van der Waals surface area (Å²) >= 11 is 0. The van der Waals surface area contributed by atoms with Crippen molar-refractivity contribution in [2.24, 2.45) is 0 Å². The molecule has 0 fully saturated rings. The Balaban J connectivity index is -0.0000000150. The summed E-state index contributed by atoms with van der Waals surface area (Å²) < 4.78 is 0. The van der Waals surface area contributed by atoms with Crippen LogP contribution in [0.15, 0.2) is 0 Å². The summed E-state index contributed by atoms with van der Waals surface area (Å²) in [5.74, 6) is 0. The van der Waals surface area contributed by atoms with Crippen LogP contribution in [0.5, 0.6) is 0 Å². The molecule has 0 amide bonds. The monoisotopic (exact) mass is 210 g/mol. The molecule has 0 aromatic carbocycles. The van der Waals surface area contributed by atoms with E-state index in [0.29, 0.717) is 0 Å². The molecule has 0 unspecified atom stereocenters. The summed E-state index contributed by atoms with van der Waals surface area (Å²) in [5.41, 5.74) is 0. The Bertz CT molecular complexity index is 19.7. The van der Waals surface area contributed by atoms with Crippen LogP contribution in [0.25, 0.3) is 0 Å². The molecule has 3 nitrogen and oxygen atoms in total. The smallest absolute Gasteiger partial charge is 1.00 e. The first-order valence-electron chi connectivity index (χ1n) is 0.775. The first kappa shape index (κ1) is 15.7. The van der Waals surface area contributed by atoms with Gasteiger partial charge in [-0.1, -0.05) is 0 Å². The second-order valence-electron chi connectivity index (χ2n) is 0.346. The van der Waals surface area contributed by atoms with Crippen molar-refractivity contribution < 1.29 is 77.1 Å². The van der Waals surface area contributed by atoms with Gasteiger partial charge in [0, 0.05) is 41.7 Å². The second kappa shape index (κ2) is 10.0. The normalized spacial score (nSPS) is 4.50. The first-order valence-corrected chi connectivity index (χ1v) is 0.775. The molecule has 30 valence electrons. The predicted octanol–water partition coefficient (Wildman–Crippen LogP) is -4.94. The van der Waals surface area contributed by atoms with Crippen molar-refractivity contribution >= 4 is 7.32 Å². The maximum absolute atomic E-state index is 7.17. The van der Waals surface area contributed by atoms with E-state index in [2.05, 4.69) is 0 Å². The SMILES string of the molecule is OB(O)O.[Ce].[H-].[Li+]. The average molecular weight is 210 g/mol. The molecule has 0 aromatic rings. The molecule has 6 heteroatoms. The van der Waals surface area contributed by atoms with Crippen molar-refractivity contribution in [1.82, 2.24) is 0 Å². The van der Waals surface area contributed by atoms with E-state index in [9.17, 15) is 0 Å². The molecule has 0 aliphatic carbocycles. The molecule has 0 bridgehead atoms. The molecule has 0 aliphatic heterocycles. The van der Waals surface area contributed by atoms with E-state index in [-0.39, 0.29) is 62.0 Å². The van der Waals surface area contributed by atoms with Crippen molar-refractivity contribution in [3.63, 3.8) is 0 Å². The molecule has 0 saturated heterocycles. The van der Waals surface area contributed by atoms with Crippen LogP contribution >= 0.6 is 0 Å². The molecule has 0 atom stereocenters. The van der Waals surface area contributed by atoms with E-state index in [1.807, 2.05) is 0 Å². The zero-order valence-corrected chi connectivity index (χ0v) is 6.56. The van der Waals surface area contributed by atoms with E-state index in [1.54, 1.807) is 0 Å². The summed E-state index contributed by atoms with van der Waals surface area (Å²) in [6.45, 7) is 0. The Labute approximate surface area is 83.3 Å². The van der Waals surface area contributed by atoms with Gasteiger partial charge in [0.05, 0.1) is 0 Å². The Morgan fingerprint density at radius 3 is 1.17 bits per heavy atom. The number of hydrogen-bond donors (Lipinski definition) is 3. The fourth-order valence-electron chi connectivity index (χ4n) is 0. The van der Waals surface area contributed by atoms with Gasteiger partial charge < -0.3 is 16.5 Å². The van der Waals surface area contributed by atoms with Crippen molar-refractivity contribution in [3.8, 4) is 0 Å². The zero-order chi connectivity index (χ0) is 3.58. The van der Waals surface area contributed by atoms with E-state index < -0.39 is 7.32 Å². The Hall–Kier alpha value is 1.92. The summed E-state index contributed by atoms with van der Waals surface area (Å²) in [5, 5.41) is 21.5. The van der Waals surface area contributed by atoms with Crippen LogP contribution < -0.4 is 18.9 Å². The molecular weight excluding hydrogens is 206 g/mol. The van der Waals surface area contributed by atoms with Gasteiger partial charge in [0.1, 0.15) is 0 Å². The van der Waals surface area contributed by atoms with E-state index in [0.717, 1.165) is 0 Å². The summed E-state index contributed by atoms with van der Waals surface area (Å²) in [7, 11) is -2.17. The van der Waals surface area contributed by atoms with Crippen LogP contribution in [-0.4, -0.2) is 22.4 Å². The molecule has 6 heavy (non-hydrogen) atoms. The van der Waals surface area contributed by atoms with Gasteiger partial charge in [0.2, 0.25) is 0 Å². The largest absolute Gasteiger partial charge is 1.00 e. The van der Waals surface area contributed by atoms with Crippen molar-refractivity contribution in [2.75, 3.05) is 0 Å². The average Bonchev–Trinajstić information content (AvgIpc) is 0.811. The molecule has 0 heterocycles. The minimum atomic E-state index is -2.17.